The van der Waals surface area contributed by atoms with E-state index in [4.69, 9.17) is 4.74 Å². The minimum absolute atomic E-state index is 0.0222. The Hall–Kier alpha value is -2.82. The van der Waals surface area contributed by atoms with E-state index in [9.17, 15) is 10.1 Å². The van der Waals surface area contributed by atoms with Crippen LogP contribution in [0.25, 0.3) is 0 Å². The molecule has 0 spiro atoms. The fourth-order valence-corrected chi connectivity index (χ4v) is 4.03. The molecule has 2 aromatic rings. The summed E-state index contributed by atoms with van der Waals surface area (Å²) in [6, 6.07) is 13.1. The topological polar surface area (TPSA) is 64.4 Å². The maximum absolute atomic E-state index is 11.2. The molecule has 3 unspecified atom stereocenters. The molecule has 0 saturated carbocycles. The van der Waals surface area contributed by atoms with Gasteiger partial charge in [0, 0.05) is 18.1 Å². The number of para-hydroxylation sites is 1. The Bertz CT molecular complexity index is 847. The van der Waals surface area contributed by atoms with E-state index < -0.39 is 0 Å². The van der Waals surface area contributed by atoms with Gasteiger partial charge in [-0.25, -0.2) is 0 Å². The standard InChI is InChI=1S/C20H20N2O3/c1-2-25-18-11-5-10-17-15-8-4-9-16(15)19(21-20(17)18)13-6-3-7-14(12-13)22(23)24/h3-8,10-12,15-16,19,21H,2,9H2,1H3. The van der Waals surface area contributed by atoms with Crippen molar-refractivity contribution in [3.63, 3.8) is 0 Å². The molecule has 25 heavy (non-hydrogen) atoms. The first-order valence-corrected chi connectivity index (χ1v) is 8.62. The molecule has 5 heteroatoms. The van der Waals surface area contributed by atoms with E-state index in [1.807, 2.05) is 25.1 Å². The number of allylic oxidation sites excluding steroid dienone is 2. The Morgan fingerprint density at radius 2 is 2.12 bits per heavy atom. The zero-order valence-corrected chi connectivity index (χ0v) is 14.0. The second-order valence-electron chi connectivity index (χ2n) is 6.48. The van der Waals surface area contributed by atoms with Gasteiger partial charge in [0.2, 0.25) is 0 Å². The lowest BCUT2D eigenvalue weighted by Crippen LogP contribution is -2.29. The summed E-state index contributed by atoms with van der Waals surface area (Å²) in [6.45, 7) is 2.57. The van der Waals surface area contributed by atoms with E-state index >= 15 is 0 Å². The van der Waals surface area contributed by atoms with Crippen LogP contribution in [0.15, 0.2) is 54.6 Å². The number of nitro groups is 1. The van der Waals surface area contributed by atoms with Gasteiger partial charge in [0.25, 0.3) is 5.69 Å². The normalized spacial score (nSPS) is 23.5. The van der Waals surface area contributed by atoms with Gasteiger partial charge in [0.05, 0.1) is 23.3 Å². The molecule has 0 radical (unpaired) electrons. The monoisotopic (exact) mass is 336 g/mol. The molecule has 0 saturated heterocycles. The quantitative estimate of drug-likeness (QED) is 0.494. The maximum Gasteiger partial charge on any atom is 0.269 e. The summed E-state index contributed by atoms with van der Waals surface area (Å²) in [5.74, 6) is 1.50. The third-order valence-corrected chi connectivity index (χ3v) is 5.10. The first kappa shape index (κ1) is 15.7. The van der Waals surface area contributed by atoms with Crippen molar-refractivity contribution in [1.82, 2.24) is 0 Å². The Balaban J connectivity index is 1.79. The Labute approximate surface area is 146 Å². The third kappa shape index (κ3) is 2.65. The molecule has 1 aliphatic heterocycles. The van der Waals surface area contributed by atoms with Gasteiger partial charge >= 0.3 is 0 Å². The lowest BCUT2D eigenvalue weighted by molar-refractivity contribution is -0.384. The number of fused-ring (bicyclic) bond motifs is 3. The predicted molar refractivity (Wildman–Crippen MR) is 97.1 cm³/mol. The molecular formula is C20H20N2O3. The molecule has 3 atom stereocenters. The van der Waals surface area contributed by atoms with Crippen LogP contribution in [-0.2, 0) is 0 Å². The predicted octanol–water partition coefficient (Wildman–Crippen LogP) is 4.82. The highest BCUT2D eigenvalue weighted by atomic mass is 16.6. The van der Waals surface area contributed by atoms with Gasteiger partial charge < -0.3 is 10.1 Å². The van der Waals surface area contributed by atoms with Crippen molar-refractivity contribution in [2.24, 2.45) is 5.92 Å². The molecule has 2 aromatic carbocycles. The highest BCUT2D eigenvalue weighted by molar-refractivity contribution is 5.67. The van der Waals surface area contributed by atoms with Crippen molar-refractivity contribution in [2.75, 3.05) is 11.9 Å². The highest BCUT2D eigenvalue weighted by Crippen LogP contribution is 2.52. The smallest absolute Gasteiger partial charge is 0.269 e. The summed E-state index contributed by atoms with van der Waals surface area (Å²) < 4.78 is 5.80. The van der Waals surface area contributed by atoms with E-state index in [0.29, 0.717) is 18.4 Å². The number of nitrogens with zero attached hydrogens (tertiary/aromatic N) is 1. The highest BCUT2D eigenvalue weighted by Gasteiger charge is 2.39. The summed E-state index contributed by atoms with van der Waals surface area (Å²) in [4.78, 5) is 10.8. The van der Waals surface area contributed by atoms with Crippen LogP contribution in [0.2, 0.25) is 0 Å². The number of non-ortho nitro benzene ring substituents is 1. The van der Waals surface area contributed by atoms with Gasteiger partial charge in [-0.05, 0) is 36.5 Å². The summed E-state index contributed by atoms with van der Waals surface area (Å²) in [7, 11) is 0. The zero-order valence-electron chi connectivity index (χ0n) is 14.0. The van der Waals surface area contributed by atoms with Crippen molar-refractivity contribution >= 4 is 11.4 Å². The second kappa shape index (κ2) is 6.24. The van der Waals surface area contributed by atoms with Crippen LogP contribution in [0.1, 0.15) is 36.4 Å². The first-order chi connectivity index (χ1) is 12.2. The van der Waals surface area contributed by atoms with Crippen LogP contribution in [0.4, 0.5) is 11.4 Å². The van der Waals surface area contributed by atoms with Crippen LogP contribution < -0.4 is 10.1 Å². The lowest BCUT2D eigenvalue weighted by Gasteiger charge is -2.38. The van der Waals surface area contributed by atoms with Gasteiger partial charge in [0.15, 0.2) is 0 Å². The van der Waals surface area contributed by atoms with Crippen molar-refractivity contribution < 1.29 is 9.66 Å². The molecule has 1 aliphatic carbocycles. The van der Waals surface area contributed by atoms with Gasteiger partial charge in [0.1, 0.15) is 5.75 Å². The van der Waals surface area contributed by atoms with E-state index in [0.717, 1.165) is 23.4 Å². The number of ether oxygens (including phenoxy) is 1. The molecular weight excluding hydrogens is 316 g/mol. The molecule has 0 aromatic heterocycles. The number of rotatable bonds is 4. The summed E-state index contributed by atoms with van der Waals surface area (Å²) in [5.41, 5.74) is 3.33. The number of nitrogens with one attached hydrogen (secondary N) is 1. The van der Waals surface area contributed by atoms with E-state index in [1.54, 1.807) is 12.1 Å². The number of hydrogen-bond acceptors (Lipinski definition) is 4. The minimum atomic E-state index is -0.337. The second-order valence-corrected chi connectivity index (χ2v) is 6.48. The van der Waals surface area contributed by atoms with Crippen molar-refractivity contribution in [3.05, 3.63) is 75.9 Å². The molecule has 0 fully saturated rings. The Kier molecular flexibility index (Phi) is 3.92. The molecule has 1 N–H and O–H groups in total. The zero-order chi connectivity index (χ0) is 17.4. The average Bonchev–Trinajstić information content (AvgIpc) is 3.12. The minimum Gasteiger partial charge on any atom is -0.492 e. The summed E-state index contributed by atoms with van der Waals surface area (Å²) in [6.07, 6.45) is 5.43. The van der Waals surface area contributed by atoms with Gasteiger partial charge in [-0.15, -0.1) is 0 Å². The van der Waals surface area contributed by atoms with E-state index in [-0.39, 0.29) is 16.7 Å². The fourth-order valence-electron chi connectivity index (χ4n) is 4.03. The van der Waals surface area contributed by atoms with Gasteiger partial charge in [-0.1, -0.05) is 36.4 Å². The molecule has 0 amide bonds. The molecule has 128 valence electrons. The van der Waals surface area contributed by atoms with E-state index in [1.165, 1.54) is 11.6 Å². The molecule has 2 aliphatic rings. The van der Waals surface area contributed by atoms with Crippen LogP contribution in [0.5, 0.6) is 5.75 Å². The SMILES string of the molecule is CCOc1cccc2c1NC(c1cccc([N+](=O)[O-])c1)C1CC=CC21. The number of nitro benzene ring substituents is 1. The molecule has 0 bridgehead atoms. The summed E-state index contributed by atoms with van der Waals surface area (Å²) in [5, 5.41) is 14.8. The van der Waals surface area contributed by atoms with Crippen molar-refractivity contribution in [1.29, 1.82) is 0 Å². The van der Waals surface area contributed by atoms with Crippen molar-refractivity contribution in [3.8, 4) is 5.75 Å². The third-order valence-electron chi connectivity index (χ3n) is 5.10. The van der Waals surface area contributed by atoms with Crippen LogP contribution in [0.3, 0.4) is 0 Å². The van der Waals surface area contributed by atoms with E-state index in [2.05, 4.69) is 23.5 Å². The molecule has 1 heterocycles. The summed E-state index contributed by atoms with van der Waals surface area (Å²) >= 11 is 0. The van der Waals surface area contributed by atoms with Gasteiger partial charge in [-0.3, -0.25) is 10.1 Å². The Morgan fingerprint density at radius 3 is 2.92 bits per heavy atom. The van der Waals surface area contributed by atoms with Gasteiger partial charge in [-0.2, -0.15) is 0 Å². The van der Waals surface area contributed by atoms with Crippen LogP contribution in [-0.4, -0.2) is 11.5 Å². The number of anilines is 1. The number of benzene rings is 2. The number of hydrogen-bond donors (Lipinski definition) is 1. The molecule has 4 rings (SSSR count). The Morgan fingerprint density at radius 1 is 1.28 bits per heavy atom. The fraction of sp³-hybridized carbons (Fsp3) is 0.300. The molecule has 5 nitrogen and oxygen atoms in total. The lowest BCUT2D eigenvalue weighted by atomic mass is 9.77. The average molecular weight is 336 g/mol. The van der Waals surface area contributed by atoms with Crippen LogP contribution >= 0.6 is 0 Å². The van der Waals surface area contributed by atoms with Crippen LogP contribution in [0, 0.1) is 16.0 Å². The largest absolute Gasteiger partial charge is 0.492 e. The first-order valence-electron chi connectivity index (χ1n) is 8.62. The van der Waals surface area contributed by atoms with Crippen molar-refractivity contribution in [2.45, 2.75) is 25.3 Å². The maximum atomic E-state index is 11.2.